The minimum Gasteiger partial charge on any atom is -0.320 e. The summed E-state index contributed by atoms with van der Waals surface area (Å²) < 4.78 is 0. The van der Waals surface area contributed by atoms with Crippen molar-refractivity contribution in [1.29, 1.82) is 0 Å². The van der Waals surface area contributed by atoms with Gasteiger partial charge in [-0.25, -0.2) is 4.98 Å². The van der Waals surface area contributed by atoms with Gasteiger partial charge in [0.15, 0.2) is 5.13 Å². The Kier molecular flexibility index (Phi) is 2.75. The molecule has 4 nitrogen and oxygen atoms in total. The summed E-state index contributed by atoms with van der Waals surface area (Å²) in [4.78, 5) is 19.1. The highest BCUT2D eigenvalue weighted by Gasteiger charge is 2.31. The summed E-state index contributed by atoms with van der Waals surface area (Å²) in [6, 6.07) is -0.334. The molecular weight excluding hydrogens is 210 g/mol. The summed E-state index contributed by atoms with van der Waals surface area (Å²) in [5.41, 5.74) is 6.76. The smallest absolute Gasteiger partial charge is 0.245 e. The van der Waals surface area contributed by atoms with E-state index in [0.29, 0.717) is 6.54 Å². The molecule has 0 spiro atoms. The van der Waals surface area contributed by atoms with E-state index in [1.54, 1.807) is 16.2 Å². The van der Waals surface area contributed by atoms with Gasteiger partial charge in [0.1, 0.15) is 0 Å². The topological polar surface area (TPSA) is 59.2 Å². The number of amides is 1. The summed E-state index contributed by atoms with van der Waals surface area (Å²) in [7, 11) is 0. The van der Waals surface area contributed by atoms with Crippen LogP contribution in [0, 0.1) is 6.92 Å². The highest BCUT2D eigenvalue weighted by molar-refractivity contribution is 7.15. The molecule has 0 aliphatic carbocycles. The second-order valence-electron chi connectivity index (χ2n) is 3.74. The fourth-order valence-corrected chi connectivity index (χ4v) is 2.78. The molecule has 1 amide bonds. The molecule has 1 saturated heterocycles. The number of nitrogens with two attached hydrogens (primary N) is 1. The highest BCUT2D eigenvalue weighted by atomic mass is 32.1. The lowest BCUT2D eigenvalue weighted by atomic mass is 10.3. The lowest BCUT2D eigenvalue weighted by Gasteiger charge is -2.11. The minimum absolute atomic E-state index is 0.00593. The van der Waals surface area contributed by atoms with Gasteiger partial charge < -0.3 is 5.73 Å². The van der Waals surface area contributed by atoms with Gasteiger partial charge in [-0.05, 0) is 19.8 Å². The molecule has 2 heterocycles. The third kappa shape index (κ3) is 1.77. The maximum absolute atomic E-state index is 11.7. The van der Waals surface area contributed by atoms with Crippen LogP contribution in [0.1, 0.15) is 23.9 Å². The molecule has 0 aromatic carbocycles. The number of rotatable bonds is 2. The van der Waals surface area contributed by atoms with Crippen LogP contribution in [-0.2, 0) is 11.2 Å². The molecule has 1 aromatic heterocycles. The number of hydrogen-bond donors (Lipinski definition) is 1. The summed E-state index contributed by atoms with van der Waals surface area (Å²) in [6.45, 7) is 4.82. The van der Waals surface area contributed by atoms with Crippen LogP contribution >= 0.6 is 11.3 Å². The van der Waals surface area contributed by atoms with Crippen LogP contribution in [0.4, 0.5) is 5.13 Å². The van der Waals surface area contributed by atoms with Crippen molar-refractivity contribution in [3.05, 3.63) is 10.6 Å². The van der Waals surface area contributed by atoms with Gasteiger partial charge in [-0.2, -0.15) is 0 Å². The molecule has 0 saturated carbocycles. The molecule has 0 bridgehead atoms. The van der Waals surface area contributed by atoms with Gasteiger partial charge in [0.2, 0.25) is 5.91 Å². The van der Waals surface area contributed by atoms with Gasteiger partial charge in [-0.3, -0.25) is 9.69 Å². The van der Waals surface area contributed by atoms with E-state index >= 15 is 0 Å². The first-order chi connectivity index (χ1) is 7.13. The van der Waals surface area contributed by atoms with E-state index in [1.807, 2.05) is 6.92 Å². The van der Waals surface area contributed by atoms with E-state index in [2.05, 4.69) is 11.9 Å². The largest absolute Gasteiger partial charge is 0.320 e. The first-order valence-electron chi connectivity index (χ1n) is 5.16. The molecule has 1 atom stereocenters. The van der Waals surface area contributed by atoms with Crippen LogP contribution in [0.25, 0.3) is 0 Å². The molecule has 1 aliphatic rings. The van der Waals surface area contributed by atoms with Gasteiger partial charge in [0.05, 0.1) is 11.7 Å². The van der Waals surface area contributed by atoms with Crippen LogP contribution in [0.3, 0.4) is 0 Å². The Labute approximate surface area is 93.1 Å². The van der Waals surface area contributed by atoms with E-state index < -0.39 is 0 Å². The van der Waals surface area contributed by atoms with Gasteiger partial charge >= 0.3 is 0 Å². The Morgan fingerprint density at radius 3 is 2.87 bits per heavy atom. The van der Waals surface area contributed by atoms with Crippen molar-refractivity contribution in [2.24, 2.45) is 5.73 Å². The maximum Gasteiger partial charge on any atom is 0.245 e. The first kappa shape index (κ1) is 10.6. The lowest BCUT2D eigenvalue weighted by Crippen LogP contribution is -2.33. The average Bonchev–Trinajstić information content (AvgIpc) is 2.72. The fourth-order valence-electron chi connectivity index (χ4n) is 1.75. The second kappa shape index (κ2) is 3.90. The highest BCUT2D eigenvalue weighted by Crippen LogP contribution is 2.28. The molecule has 5 heteroatoms. The quantitative estimate of drug-likeness (QED) is 0.819. The Hall–Kier alpha value is -0.940. The average molecular weight is 225 g/mol. The fraction of sp³-hybridized carbons (Fsp3) is 0.600. The van der Waals surface area contributed by atoms with Crippen molar-refractivity contribution >= 4 is 22.4 Å². The van der Waals surface area contributed by atoms with Gasteiger partial charge in [-0.1, -0.05) is 6.92 Å². The number of aryl methyl sites for hydroxylation is 2. The lowest BCUT2D eigenvalue weighted by molar-refractivity contribution is -0.118. The van der Waals surface area contributed by atoms with Crippen LogP contribution in [-0.4, -0.2) is 23.5 Å². The van der Waals surface area contributed by atoms with Gasteiger partial charge in [-0.15, -0.1) is 11.3 Å². The number of nitrogens with zero attached hydrogens (tertiary/aromatic N) is 2. The summed E-state index contributed by atoms with van der Waals surface area (Å²) >= 11 is 1.58. The van der Waals surface area contributed by atoms with E-state index in [1.165, 1.54) is 4.88 Å². The molecule has 2 N–H and O–H groups in total. The van der Waals surface area contributed by atoms with Crippen LogP contribution in [0.5, 0.6) is 0 Å². The van der Waals surface area contributed by atoms with Gasteiger partial charge in [0, 0.05) is 11.4 Å². The van der Waals surface area contributed by atoms with Crippen LogP contribution < -0.4 is 10.6 Å². The van der Waals surface area contributed by atoms with E-state index in [9.17, 15) is 4.79 Å². The minimum atomic E-state index is -0.334. The molecule has 1 unspecified atom stereocenters. The van der Waals surface area contributed by atoms with Crippen LogP contribution in [0.15, 0.2) is 0 Å². The van der Waals surface area contributed by atoms with Crippen molar-refractivity contribution in [3.8, 4) is 0 Å². The zero-order chi connectivity index (χ0) is 11.0. The van der Waals surface area contributed by atoms with E-state index in [-0.39, 0.29) is 11.9 Å². The Morgan fingerprint density at radius 1 is 1.67 bits per heavy atom. The molecule has 2 rings (SSSR count). The van der Waals surface area contributed by atoms with Crippen molar-refractivity contribution in [2.45, 2.75) is 32.7 Å². The number of anilines is 1. The normalized spacial score (nSPS) is 21.4. The third-order valence-corrected chi connectivity index (χ3v) is 3.73. The molecular formula is C10H15N3OS. The molecule has 1 fully saturated rings. The van der Waals surface area contributed by atoms with Crippen molar-refractivity contribution in [2.75, 3.05) is 11.4 Å². The number of hydrogen-bond acceptors (Lipinski definition) is 4. The molecule has 1 aromatic rings. The number of aromatic nitrogens is 1. The second-order valence-corrected chi connectivity index (χ2v) is 4.92. The van der Waals surface area contributed by atoms with Crippen molar-refractivity contribution in [3.63, 3.8) is 0 Å². The summed E-state index contributed by atoms with van der Waals surface area (Å²) in [5.74, 6) is 0.00593. The molecule has 82 valence electrons. The summed E-state index contributed by atoms with van der Waals surface area (Å²) in [5, 5.41) is 0.808. The zero-order valence-corrected chi connectivity index (χ0v) is 9.80. The Bertz CT molecular complexity index is 388. The predicted octanol–water partition coefficient (Wildman–Crippen LogP) is 1.08. The third-order valence-electron chi connectivity index (χ3n) is 2.69. The number of carbonyl (C=O) groups excluding carboxylic acids is 1. The van der Waals surface area contributed by atoms with Crippen molar-refractivity contribution < 1.29 is 4.79 Å². The SMILES string of the molecule is CCc1nc(N2CCC(N)C2=O)sc1C. The van der Waals surface area contributed by atoms with E-state index in [0.717, 1.165) is 23.7 Å². The Balaban J connectivity index is 2.26. The van der Waals surface area contributed by atoms with Gasteiger partial charge in [0.25, 0.3) is 0 Å². The molecule has 15 heavy (non-hydrogen) atoms. The standard InChI is InChI=1S/C10H15N3OS/c1-3-8-6(2)15-10(12-8)13-5-4-7(11)9(13)14/h7H,3-5,11H2,1-2H3. The maximum atomic E-state index is 11.7. The predicted molar refractivity (Wildman–Crippen MR) is 61.2 cm³/mol. The number of carbonyl (C=O) groups is 1. The van der Waals surface area contributed by atoms with E-state index in [4.69, 9.17) is 5.73 Å². The van der Waals surface area contributed by atoms with Crippen LogP contribution in [0.2, 0.25) is 0 Å². The van der Waals surface area contributed by atoms with Crippen molar-refractivity contribution in [1.82, 2.24) is 4.98 Å². The summed E-state index contributed by atoms with van der Waals surface area (Å²) in [6.07, 6.45) is 1.65. The number of thiazole rings is 1. The monoisotopic (exact) mass is 225 g/mol. The zero-order valence-electron chi connectivity index (χ0n) is 8.99. The molecule has 0 radical (unpaired) electrons. The first-order valence-corrected chi connectivity index (χ1v) is 5.98. The molecule has 1 aliphatic heterocycles. The Morgan fingerprint density at radius 2 is 2.40 bits per heavy atom.